The molecule has 0 spiro atoms. The van der Waals surface area contributed by atoms with Crippen LogP contribution in [0.3, 0.4) is 0 Å². The molecule has 3 rings (SSSR count). The number of carbonyl (C=O) groups excluding carboxylic acids is 1. The van der Waals surface area contributed by atoms with Crippen molar-refractivity contribution in [2.24, 2.45) is 0 Å². The fraction of sp³-hybridized carbons (Fsp3) is 0.333. The first-order valence-corrected chi connectivity index (χ1v) is 7.94. The maximum Gasteiger partial charge on any atom is 0.463 e. The third-order valence-corrected chi connectivity index (χ3v) is 4.59. The number of halogens is 1. The van der Waals surface area contributed by atoms with Crippen LogP contribution in [0.5, 0.6) is 0 Å². The molecule has 1 aromatic carbocycles. The van der Waals surface area contributed by atoms with Gasteiger partial charge < -0.3 is 4.52 Å². The van der Waals surface area contributed by atoms with Gasteiger partial charge in [0.25, 0.3) is 5.75 Å². The van der Waals surface area contributed by atoms with E-state index in [0.29, 0.717) is 45.1 Å². The summed E-state index contributed by atoms with van der Waals surface area (Å²) < 4.78 is 16.2. The van der Waals surface area contributed by atoms with Crippen molar-refractivity contribution in [3.8, 4) is 0 Å². The molecule has 21 heavy (non-hydrogen) atoms. The molecule has 0 saturated heterocycles. The molecule has 0 atom stereocenters. The molecule has 1 fully saturated rings. The minimum atomic E-state index is -0.151. The SMILES string of the molecule is Cc1c(Cl)ccc(C(=O)c2cnoc2C2CC2)c1C[S+]=O. The minimum absolute atomic E-state index is 0.151. The number of carbonyl (C=O) groups is 1. The molecule has 1 aliphatic rings. The molecule has 1 saturated carbocycles. The molecule has 0 radical (unpaired) electrons. The van der Waals surface area contributed by atoms with E-state index in [0.717, 1.165) is 18.4 Å². The van der Waals surface area contributed by atoms with Gasteiger partial charge in [0.1, 0.15) is 0 Å². The number of nitrogens with zero attached hydrogens (tertiary/aromatic N) is 1. The zero-order chi connectivity index (χ0) is 15.0. The summed E-state index contributed by atoms with van der Waals surface area (Å²) in [4.78, 5) is 12.8. The summed E-state index contributed by atoms with van der Waals surface area (Å²) in [7, 11) is 0. The van der Waals surface area contributed by atoms with Gasteiger partial charge in [-0.3, -0.25) is 4.79 Å². The van der Waals surface area contributed by atoms with Crippen molar-refractivity contribution in [3.05, 3.63) is 51.4 Å². The Labute approximate surface area is 131 Å². The van der Waals surface area contributed by atoms with Gasteiger partial charge in [-0.1, -0.05) is 16.8 Å². The quantitative estimate of drug-likeness (QED) is 0.622. The molecule has 1 aromatic heterocycles. The topological polar surface area (TPSA) is 60.2 Å². The van der Waals surface area contributed by atoms with Crippen molar-refractivity contribution in [2.75, 3.05) is 0 Å². The van der Waals surface area contributed by atoms with E-state index in [1.165, 1.54) is 6.20 Å². The summed E-state index contributed by atoms with van der Waals surface area (Å²) in [5.74, 6) is 1.02. The Morgan fingerprint density at radius 1 is 1.43 bits per heavy atom. The second-order valence-electron chi connectivity index (χ2n) is 5.17. The third-order valence-electron chi connectivity index (χ3n) is 3.77. The molecule has 6 heteroatoms. The first-order chi connectivity index (χ1) is 10.1. The van der Waals surface area contributed by atoms with Crippen LogP contribution in [-0.4, -0.2) is 10.9 Å². The summed E-state index contributed by atoms with van der Waals surface area (Å²) in [5.41, 5.74) is 2.47. The molecule has 0 bridgehead atoms. The molecule has 1 aliphatic carbocycles. The Morgan fingerprint density at radius 2 is 2.19 bits per heavy atom. The highest BCUT2D eigenvalue weighted by molar-refractivity contribution is 7.64. The number of ketones is 1. The summed E-state index contributed by atoms with van der Waals surface area (Å²) in [6, 6.07) is 3.36. The van der Waals surface area contributed by atoms with Gasteiger partial charge >= 0.3 is 11.7 Å². The second kappa shape index (κ2) is 5.66. The van der Waals surface area contributed by atoms with Gasteiger partial charge in [-0.15, -0.1) is 0 Å². The Bertz CT molecular complexity index is 722. The van der Waals surface area contributed by atoms with Gasteiger partial charge in [-0.05, 0) is 37.5 Å². The van der Waals surface area contributed by atoms with E-state index < -0.39 is 0 Å². The van der Waals surface area contributed by atoms with Gasteiger partial charge in [0, 0.05) is 26.3 Å². The molecule has 1 heterocycles. The fourth-order valence-corrected chi connectivity index (χ4v) is 3.06. The van der Waals surface area contributed by atoms with E-state index in [9.17, 15) is 9.00 Å². The maximum absolute atomic E-state index is 12.8. The van der Waals surface area contributed by atoms with Crippen molar-refractivity contribution < 1.29 is 13.5 Å². The lowest BCUT2D eigenvalue weighted by Gasteiger charge is -2.08. The maximum atomic E-state index is 12.8. The predicted molar refractivity (Wildman–Crippen MR) is 79.9 cm³/mol. The molecular formula is C15H13ClNO3S+. The Hall–Kier alpha value is -1.59. The molecule has 108 valence electrons. The largest absolute Gasteiger partial charge is 0.463 e. The Balaban J connectivity index is 2.06. The number of rotatable bonds is 5. The highest BCUT2D eigenvalue weighted by Crippen LogP contribution is 2.42. The number of hydrogen-bond acceptors (Lipinski definition) is 4. The van der Waals surface area contributed by atoms with Gasteiger partial charge in [-0.25, -0.2) is 0 Å². The zero-order valence-corrected chi connectivity index (χ0v) is 13.0. The lowest BCUT2D eigenvalue weighted by atomic mass is 9.95. The lowest BCUT2D eigenvalue weighted by molar-refractivity contribution is 0.103. The average molecular weight is 323 g/mol. The van der Waals surface area contributed by atoms with Gasteiger partial charge in [-0.2, -0.15) is 0 Å². The molecule has 0 unspecified atom stereocenters. The predicted octanol–water partition coefficient (Wildman–Crippen LogP) is 3.67. The van der Waals surface area contributed by atoms with Crippen molar-refractivity contribution in [2.45, 2.75) is 31.4 Å². The van der Waals surface area contributed by atoms with Crippen molar-refractivity contribution >= 4 is 29.1 Å². The van der Waals surface area contributed by atoms with E-state index >= 15 is 0 Å². The van der Waals surface area contributed by atoms with E-state index in [1.54, 1.807) is 12.1 Å². The summed E-state index contributed by atoms with van der Waals surface area (Å²) in [6.07, 6.45) is 3.52. The van der Waals surface area contributed by atoms with Crippen molar-refractivity contribution in [1.82, 2.24) is 5.16 Å². The third kappa shape index (κ3) is 2.63. The van der Waals surface area contributed by atoms with Gasteiger partial charge in [0.05, 0.1) is 11.8 Å². The minimum Gasteiger partial charge on any atom is -0.360 e. The highest BCUT2D eigenvalue weighted by atomic mass is 35.5. The van der Waals surface area contributed by atoms with E-state index in [4.69, 9.17) is 16.1 Å². The normalized spacial score (nSPS) is 14.2. The van der Waals surface area contributed by atoms with Gasteiger partial charge in [0.2, 0.25) is 0 Å². The summed E-state index contributed by atoms with van der Waals surface area (Å²) >= 11 is 6.52. The van der Waals surface area contributed by atoms with Gasteiger partial charge in [0.15, 0.2) is 11.5 Å². The number of aromatic nitrogens is 1. The Morgan fingerprint density at radius 3 is 2.86 bits per heavy atom. The van der Waals surface area contributed by atoms with E-state index in [1.807, 2.05) is 6.92 Å². The first kappa shape index (κ1) is 14.4. The number of hydrogen-bond donors (Lipinski definition) is 0. The smallest absolute Gasteiger partial charge is 0.360 e. The fourth-order valence-electron chi connectivity index (χ4n) is 2.39. The van der Waals surface area contributed by atoms with E-state index in [2.05, 4.69) is 5.16 Å². The second-order valence-corrected chi connectivity index (χ2v) is 6.10. The lowest BCUT2D eigenvalue weighted by Crippen LogP contribution is -2.08. The van der Waals surface area contributed by atoms with Crippen LogP contribution in [-0.2, 0) is 21.6 Å². The summed E-state index contributed by atoms with van der Waals surface area (Å²) in [6.45, 7) is 1.82. The molecule has 0 aliphatic heterocycles. The first-order valence-electron chi connectivity index (χ1n) is 6.65. The van der Waals surface area contributed by atoms with Crippen molar-refractivity contribution in [3.63, 3.8) is 0 Å². The van der Waals surface area contributed by atoms with Crippen LogP contribution in [0, 0.1) is 6.92 Å². The van der Waals surface area contributed by atoms with Crippen LogP contribution in [0.4, 0.5) is 0 Å². The molecule has 0 N–H and O–H groups in total. The van der Waals surface area contributed by atoms with Crippen LogP contribution >= 0.6 is 11.6 Å². The average Bonchev–Trinajstić information content (AvgIpc) is 3.21. The Kier molecular flexibility index (Phi) is 3.87. The van der Waals surface area contributed by atoms with Crippen LogP contribution in [0.25, 0.3) is 0 Å². The van der Waals surface area contributed by atoms with Crippen LogP contribution < -0.4 is 0 Å². The molecular weight excluding hydrogens is 310 g/mol. The molecule has 2 aromatic rings. The monoisotopic (exact) mass is 322 g/mol. The van der Waals surface area contributed by atoms with Crippen LogP contribution in [0.1, 0.15) is 51.6 Å². The van der Waals surface area contributed by atoms with Crippen molar-refractivity contribution in [1.29, 1.82) is 0 Å². The van der Waals surface area contributed by atoms with Crippen LogP contribution in [0.2, 0.25) is 5.02 Å². The highest BCUT2D eigenvalue weighted by Gasteiger charge is 2.33. The summed E-state index contributed by atoms with van der Waals surface area (Å²) in [5, 5.41) is 4.32. The molecule has 0 amide bonds. The van der Waals surface area contributed by atoms with E-state index in [-0.39, 0.29) is 11.5 Å². The molecule has 4 nitrogen and oxygen atoms in total. The zero-order valence-electron chi connectivity index (χ0n) is 11.4. The van der Waals surface area contributed by atoms with Crippen LogP contribution in [0.15, 0.2) is 22.9 Å². The standard InChI is InChI=1S/C15H13ClNO3S/c1-8-12(7-21-19)10(4-5-13(8)16)14(18)11-6-17-20-15(11)9-2-3-9/h4-6,9H,2-3,7H2,1H3/q+1. The number of benzene rings is 1.